The zero-order valence-electron chi connectivity index (χ0n) is 11.4. The van der Waals surface area contributed by atoms with E-state index in [4.69, 9.17) is 11.6 Å². The Hall–Kier alpha value is -1.27. The lowest BCUT2D eigenvalue weighted by molar-refractivity contribution is 0.327. The van der Waals surface area contributed by atoms with Crippen LogP contribution in [0, 0.1) is 11.8 Å². The van der Waals surface area contributed by atoms with E-state index < -0.39 is 0 Å². The molecule has 1 spiro atoms. The van der Waals surface area contributed by atoms with Crippen LogP contribution in [0.1, 0.15) is 36.8 Å². The van der Waals surface area contributed by atoms with Gasteiger partial charge in [-0.3, -0.25) is 0 Å². The van der Waals surface area contributed by atoms with Gasteiger partial charge in [0, 0.05) is 10.4 Å². The number of hydrogen-bond donors (Lipinski definition) is 0. The molecule has 0 nitrogen and oxygen atoms in total. The highest BCUT2D eigenvalue weighted by Crippen LogP contribution is 2.65. The minimum Gasteiger partial charge on any atom is -0.0843 e. The highest BCUT2D eigenvalue weighted by molar-refractivity contribution is 6.31. The average molecular weight is 281 g/mol. The first kappa shape index (κ1) is 11.4. The van der Waals surface area contributed by atoms with Gasteiger partial charge < -0.3 is 0 Å². The topological polar surface area (TPSA) is 0 Å². The lowest BCUT2D eigenvalue weighted by Gasteiger charge is -2.36. The minimum atomic E-state index is 0.305. The molecule has 2 saturated carbocycles. The van der Waals surface area contributed by atoms with Crippen molar-refractivity contribution in [1.82, 2.24) is 0 Å². The Morgan fingerprint density at radius 3 is 2.60 bits per heavy atom. The molecule has 0 N–H and O–H groups in total. The van der Waals surface area contributed by atoms with Crippen molar-refractivity contribution in [3.8, 4) is 11.1 Å². The van der Waals surface area contributed by atoms with Crippen LogP contribution in [0.3, 0.4) is 0 Å². The fourth-order valence-electron chi connectivity index (χ4n) is 5.37. The van der Waals surface area contributed by atoms with E-state index in [2.05, 4.69) is 42.5 Å². The van der Waals surface area contributed by atoms with E-state index in [1.807, 2.05) is 0 Å². The Bertz CT molecular complexity index is 717. The number of fused-ring (bicyclic) bond motifs is 8. The molecular formula is C19H17Cl. The zero-order valence-corrected chi connectivity index (χ0v) is 12.2. The predicted molar refractivity (Wildman–Crippen MR) is 83.1 cm³/mol. The smallest absolute Gasteiger partial charge is 0.0412 e. The highest BCUT2D eigenvalue weighted by Gasteiger charge is 2.56. The number of hydrogen-bond acceptors (Lipinski definition) is 0. The molecule has 0 saturated heterocycles. The standard InChI is InChI=1S/C19H17Cl/c20-14-7-8-18-16(10-14)15-3-1-2-4-17(15)19(18)11-12-5-6-13(19)9-12/h1-4,7-8,10,12-13H,5-6,9,11H2. The molecule has 5 rings (SSSR count). The van der Waals surface area contributed by atoms with Crippen molar-refractivity contribution in [1.29, 1.82) is 0 Å². The maximum atomic E-state index is 6.26. The van der Waals surface area contributed by atoms with Gasteiger partial charge in [0.2, 0.25) is 0 Å². The van der Waals surface area contributed by atoms with Gasteiger partial charge in [-0.05, 0) is 65.5 Å². The van der Waals surface area contributed by atoms with E-state index in [0.29, 0.717) is 5.41 Å². The van der Waals surface area contributed by atoms with Crippen molar-refractivity contribution in [2.75, 3.05) is 0 Å². The molecule has 2 bridgehead atoms. The summed E-state index contributed by atoms with van der Waals surface area (Å²) in [5.74, 6) is 1.78. The van der Waals surface area contributed by atoms with Crippen molar-refractivity contribution >= 4 is 11.6 Å². The van der Waals surface area contributed by atoms with E-state index in [9.17, 15) is 0 Å². The fourth-order valence-corrected chi connectivity index (χ4v) is 5.54. The Morgan fingerprint density at radius 2 is 1.80 bits per heavy atom. The van der Waals surface area contributed by atoms with E-state index in [-0.39, 0.29) is 0 Å². The van der Waals surface area contributed by atoms with Gasteiger partial charge in [0.05, 0.1) is 0 Å². The molecule has 3 atom stereocenters. The lowest BCUT2D eigenvalue weighted by Crippen LogP contribution is -2.31. The van der Waals surface area contributed by atoms with Crippen LogP contribution >= 0.6 is 11.6 Å². The third-order valence-corrected chi connectivity index (χ3v) is 6.24. The third-order valence-electron chi connectivity index (χ3n) is 6.01. The van der Waals surface area contributed by atoms with Crippen LogP contribution in [0.5, 0.6) is 0 Å². The number of halogens is 1. The Labute approximate surface area is 124 Å². The first-order chi connectivity index (χ1) is 9.79. The van der Waals surface area contributed by atoms with Gasteiger partial charge in [-0.25, -0.2) is 0 Å². The monoisotopic (exact) mass is 280 g/mol. The molecule has 0 radical (unpaired) electrons. The second-order valence-electron chi connectivity index (χ2n) is 6.79. The van der Waals surface area contributed by atoms with Crippen LogP contribution in [0.25, 0.3) is 11.1 Å². The predicted octanol–water partition coefficient (Wildman–Crippen LogP) is 5.43. The van der Waals surface area contributed by atoms with Gasteiger partial charge in [0.15, 0.2) is 0 Å². The molecule has 3 unspecified atom stereocenters. The number of rotatable bonds is 0. The van der Waals surface area contributed by atoms with Crippen LogP contribution < -0.4 is 0 Å². The maximum Gasteiger partial charge on any atom is 0.0412 e. The molecular weight excluding hydrogens is 264 g/mol. The summed E-state index contributed by atoms with van der Waals surface area (Å²) in [4.78, 5) is 0. The lowest BCUT2D eigenvalue weighted by atomic mass is 9.67. The summed E-state index contributed by atoms with van der Waals surface area (Å²) < 4.78 is 0. The summed E-state index contributed by atoms with van der Waals surface area (Å²) in [6.45, 7) is 0. The molecule has 2 fully saturated rings. The number of benzene rings is 2. The van der Waals surface area contributed by atoms with Crippen molar-refractivity contribution in [2.24, 2.45) is 11.8 Å². The Morgan fingerprint density at radius 1 is 0.950 bits per heavy atom. The summed E-state index contributed by atoms with van der Waals surface area (Å²) in [6.07, 6.45) is 5.62. The molecule has 3 aliphatic carbocycles. The highest BCUT2D eigenvalue weighted by atomic mass is 35.5. The summed E-state index contributed by atoms with van der Waals surface area (Å²) in [7, 11) is 0. The van der Waals surface area contributed by atoms with Crippen molar-refractivity contribution in [3.05, 3.63) is 58.6 Å². The second-order valence-corrected chi connectivity index (χ2v) is 7.22. The molecule has 3 aliphatic rings. The van der Waals surface area contributed by atoms with E-state index in [1.54, 1.807) is 11.1 Å². The van der Waals surface area contributed by atoms with Gasteiger partial charge >= 0.3 is 0 Å². The van der Waals surface area contributed by atoms with E-state index in [0.717, 1.165) is 16.9 Å². The van der Waals surface area contributed by atoms with Gasteiger partial charge in [-0.1, -0.05) is 48.4 Å². The third kappa shape index (κ3) is 1.20. The normalized spacial score (nSPS) is 32.6. The molecule has 1 heteroatoms. The van der Waals surface area contributed by atoms with Crippen molar-refractivity contribution in [2.45, 2.75) is 31.1 Å². The van der Waals surface area contributed by atoms with Gasteiger partial charge in [0.25, 0.3) is 0 Å². The van der Waals surface area contributed by atoms with Gasteiger partial charge in [-0.15, -0.1) is 0 Å². The van der Waals surface area contributed by atoms with E-state index in [1.165, 1.54) is 36.8 Å². The summed E-state index contributed by atoms with van der Waals surface area (Å²) in [5, 5.41) is 0.860. The maximum absolute atomic E-state index is 6.26. The van der Waals surface area contributed by atoms with Crippen LogP contribution in [-0.2, 0) is 5.41 Å². The molecule has 0 heterocycles. The summed E-state index contributed by atoms with van der Waals surface area (Å²) >= 11 is 6.26. The van der Waals surface area contributed by atoms with Gasteiger partial charge in [0.1, 0.15) is 0 Å². The molecule has 0 aromatic heterocycles. The molecule has 20 heavy (non-hydrogen) atoms. The average Bonchev–Trinajstić information content (AvgIpc) is 3.14. The Balaban J connectivity index is 1.86. The largest absolute Gasteiger partial charge is 0.0843 e. The second kappa shape index (κ2) is 3.68. The van der Waals surface area contributed by atoms with Crippen LogP contribution in [-0.4, -0.2) is 0 Å². The molecule has 2 aromatic rings. The molecule has 2 aromatic carbocycles. The minimum absolute atomic E-state index is 0.305. The van der Waals surface area contributed by atoms with Crippen molar-refractivity contribution < 1.29 is 0 Å². The van der Waals surface area contributed by atoms with Crippen molar-refractivity contribution in [3.63, 3.8) is 0 Å². The zero-order chi connectivity index (χ0) is 13.3. The Kier molecular flexibility index (Phi) is 2.10. The van der Waals surface area contributed by atoms with Crippen LogP contribution in [0.4, 0.5) is 0 Å². The molecule has 100 valence electrons. The van der Waals surface area contributed by atoms with E-state index >= 15 is 0 Å². The molecule has 0 amide bonds. The first-order valence-electron chi connectivity index (χ1n) is 7.69. The quantitative estimate of drug-likeness (QED) is 0.604. The van der Waals surface area contributed by atoms with Crippen LogP contribution in [0.15, 0.2) is 42.5 Å². The van der Waals surface area contributed by atoms with Gasteiger partial charge in [-0.2, -0.15) is 0 Å². The summed E-state index contributed by atoms with van der Waals surface area (Å²) in [5.41, 5.74) is 6.25. The SMILES string of the molecule is Clc1ccc2c(c1)-c1ccccc1C21CC2CCC1C2. The van der Waals surface area contributed by atoms with Crippen LogP contribution in [0.2, 0.25) is 5.02 Å². The fraction of sp³-hybridized carbons (Fsp3) is 0.368. The molecule has 0 aliphatic heterocycles. The first-order valence-corrected chi connectivity index (χ1v) is 8.07. The summed E-state index contributed by atoms with van der Waals surface area (Å²) in [6, 6.07) is 15.6.